The predicted octanol–water partition coefficient (Wildman–Crippen LogP) is 1.35. The van der Waals surface area contributed by atoms with Crippen LogP contribution in [0.3, 0.4) is 0 Å². The lowest BCUT2D eigenvalue weighted by molar-refractivity contribution is 0.215. The Morgan fingerprint density at radius 2 is 2.50 bits per heavy atom. The summed E-state index contributed by atoms with van der Waals surface area (Å²) in [6.45, 7) is 3.18. The van der Waals surface area contributed by atoms with E-state index in [1.165, 1.54) is 5.57 Å². The largest absolute Gasteiger partial charge is 0.399 e. The Kier molecular flexibility index (Phi) is 5.76. The number of nitrogens with zero attached hydrogens (tertiary/aromatic N) is 1. The summed E-state index contributed by atoms with van der Waals surface area (Å²) in [6.07, 6.45) is 5.02. The quantitative estimate of drug-likeness (QED) is 0.527. The van der Waals surface area contributed by atoms with Crippen molar-refractivity contribution >= 4 is 18.6 Å². The van der Waals surface area contributed by atoms with Gasteiger partial charge in [-0.2, -0.15) is 0 Å². The number of hydrogen-bond acceptors (Lipinski definition) is 3. The molecule has 0 aromatic rings. The fraction of sp³-hybridized carbons (Fsp3) is 0.625. The Bertz CT molecular complexity index is 180. The molecule has 1 N–H and O–H groups in total. The van der Waals surface area contributed by atoms with E-state index in [4.69, 9.17) is 0 Å². The van der Waals surface area contributed by atoms with Gasteiger partial charge >= 0.3 is 0 Å². The first kappa shape index (κ1) is 11.5. The van der Waals surface area contributed by atoms with Crippen molar-refractivity contribution in [2.24, 2.45) is 5.16 Å². The molecular weight excluding hydrogens is 176 g/mol. The maximum atomic E-state index is 4.59. The van der Waals surface area contributed by atoms with Crippen molar-refractivity contribution in [1.82, 2.24) is 5.32 Å². The van der Waals surface area contributed by atoms with E-state index >= 15 is 0 Å². The van der Waals surface area contributed by atoms with Crippen LogP contribution in [0.1, 0.15) is 13.3 Å². The number of oxime groups is 1. The zero-order valence-corrected chi connectivity index (χ0v) is 8.23. The zero-order chi connectivity index (χ0) is 8.10. The van der Waals surface area contributed by atoms with E-state index < -0.39 is 0 Å². The van der Waals surface area contributed by atoms with E-state index in [0.29, 0.717) is 6.04 Å². The van der Waals surface area contributed by atoms with Gasteiger partial charge in [-0.25, -0.2) is 0 Å². The molecule has 0 bridgehead atoms. The highest BCUT2D eigenvalue weighted by Gasteiger charge is 2.09. The van der Waals surface area contributed by atoms with Gasteiger partial charge in [0.2, 0.25) is 0 Å². The first-order valence-electron chi connectivity index (χ1n) is 3.84. The van der Waals surface area contributed by atoms with Gasteiger partial charge < -0.3 is 10.2 Å². The lowest BCUT2D eigenvalue weighted by Gasteiger charge is -2.18. The van der Waals surface area contributed by atoms with E-state index in [1.807, 2.05) is 0 Å². The molecule has 0 spiro atoms. The second-order valence-electron chi connectivity index (χ2n) is 2.59. The van der Waals surface area contributed by atoms with Crippen LogP contribution in [0.2, 0.25) is 0 Å². The summed E-state index contributed by atoms with van der Waals surface area (Å²) in [5.41, 5.74) is 1.21. The number of halogens is 1. The second kappa shape index (κ2) is 6.03. The molecule has 1 unspecified atom stereocenters. The molecule has 1 rings (SSSR count). The van der Waals surface area contributed by atoms with Crippen molar-refractivity contribution in [3.05, 3.63) is 11.6 Å². The second-order valence-corrected chi connectivity index (χ2v) is 2.59. The number of hydrogen-bond donors (Lipinski definition) is 1. The van der Waals surface area contributed by atoms with E-state index in [1.54, 1.807) is 13.3 Å². The van der Waals surface area contributed by atoms with Crippen LogP contribution in [-0.2, 0) is 4.84 Å². The zero-order valence-electron chi connectivity index (χ0n) is 7.41. The van der Waals surface area contributed by atoms with Gasteiger partial charge in [0.1, 0.15) is 7.11 Å². The topological polar surface area (TPSA) is 33.6 Å². The standard InChI is InChI=1S/C8H14N2O.ClH/c1-7-8(6-10-11-2)4-3-5-9-7;/h4,6-7,9H,3,5H2,1-2H3;1H/b10-6+;. The molecule has 0 saturated heterocycles. The summed E-state index contributed by atoms with van der Waals surface area (Å²) >= 11 is 0. The fourth-order valence-electron chi connectivity index (χ4n) is 1.11. The molecule has 4 heteroatoms. The third-order valence-corrected chi connectivity index (χ3v) is 1.78. The van der Waals surface area contributed by atoms with Crippen molar-refractivity contribution in [3.8, 4) is 0 Å². The van der Waals surface area contributed by atoms with Crippen molar-refractivity contribution in [2.45, 2.75) is 19.4 Å². The molecule has 0 amide bonds. The van der Waals surface area contributed by atoms with Crippen LogP contribution >= 0.6 is 12.4 Å². The van der Waals surface area contributed by atoms with Crippen molar-refractivity contribution in [2.75, 3.05) is 13.7 Å². The average Bonchev–Trinajstić information content (AvgIpc) is 2.03. The molecule has 0 aromatic heterocycles. The highest BCUT2D eigenvalue weighted by molar-refractivity contribution is 5.85. The Labute approximate surface area is 79.3 Å². The first-order chi connectivity index (χ1) is 5.34. The van der Waals surface area contributed by atoms with Crippen LogP contribution in [0.4, 0.5) is 0 Å². The first-order valence-corrected chi connectivity index (χ1v) is 3.84. The SMILES string of the molecule is CO/N=C/C1=CCCNC1C.Cl. The molecule has 1 atom stereocenters. The summed E-state index contributed by atoms with van der Waals surface area (Å²) in [5.74, 6) is 0. The molecule has 0 aromatic carbocycles. The third-order valence-electron chi connectivity index (χ3n) is 1.78. The molecule has 12 heavy (non-hydrogen) atoms. The maximum Gasteiger partial charge on any atom is 0.106 e. The highest BCUT2D eigenvalue weighted by atomic mass is 35.5. The Hall–Kier alpha value is -0.540. The van der Waals surface area contributed by atoms with Crippen LogP contribution in [0, 0.1) is 0 Å². The van der Waals surface area contributed by atoms with Crippen molar-refractivity contribution < 1.29 is 4.84 Å². The third kappa shape index (κ3) is 3.24. The lowest BCUT2D eigenvalue weighted by atomic mass is 10.1. The van der Waals surface area contributed by atoms with Crippen LogP contribution in [0.25, 0.3) is 0 Å². The molecule has 0 fully saturated rings. The van der Waals surface area contributed by atoms with Crippen LogP contribution < -0.4 is 5.32 Å². The molecule has 0 saturated carbocycles. The molecule has 3 nitrogen and oxygen atoms in total. The Balaban J connectivity index is 0.00000121. The van der Waals surface area contributed by atoms with Gasteiger partial charge in [-0.15, -0.1) is 12.4 Å². The summed E-state index contributed by atoms with van der Waals surface area (Å²) in [4.78, 5) is 4.59. The minimum Gasteiger partial charge on any atom is -0.399 e. The van der Waals surface area contributed by atoms with Gasteiger partial charge in [0.25, 0.3) is 0 Å². The van der Waals surface area contributed by atoms with Crippen molar-refractivity contribution in [3.63, 3.8) is 0 Å². The molecule has 1 aliphatic heterocycles. The van der Waals surface area contributed by atoms with E-state index in [0.717, 1.165) is 13.0 Å². The predicted molar refractivity (Wildman–Crippen MR) is 52.9 cm³/mol. The minimum atomic E-state index is 0. The normalized spacial score (nSPS) is 23.2. The van der Waals surface area contributed by atoms with Gasteiger partial charge in [-0.05, 0) is 25.5 Å². The molecule has 70 valence electrons. The summed E-state index contributed by atoms with van der Waals surface area (Å²) in [6, 6.07) is 0.405. The maximum absolute atomic E-state index is 4.59. The smallest absolute Gasteiger partial charge is 0.106 e. The van der Waals surface area contributed by atoms with Crippen LogP contribution in [0.15, 0.2) is 16.8 Å². The van der Waals surface area contributed by atoms with Crippen LogP contribution in [0.5, 0.6) is 0 Å². The Morgan fingerprint density at radius 3 is 3.08 bits per heavy atom. The van der Waals surface area contributed by atoms with Gasteiger partial charge in [0.15, 0.2) is 0 Å². The van der Waals surface area contributed by atoms with Crippen LogP contribution in [-0.4, -0.2) is 25.9 Å². The van der Waals surface area contributed by atoms with Gasteiger partial charge in [0.05, 0.1) is 6.21 Å². The fourth-order valence-corrected chi connectivity index (χ4v) is 1.11. The molecular formula is C8H15ClN2O. The molecule has 1 heterocycles. The summed E-state index contributed by atoms with van der Waals surface area (Å²) in [5, 5.41) is 7.04. The average molecular weight is 191 g/mol. The van der Waals surface area contributed by atoms with Gasteiger partial charge in [0, 0.05) is 6.04 Å². The number of nitrogens with one attached hydrogen (secondary N) is 1. The van der Waals surface area contributed by atoms with E-state index in [9.17, 15) is 0 Å². The minimum absolute atomic E-state index is 0. The number of rotatable bonds is 2. The van der Waals surface area contributed by atoms with E-state index in [-0.39, 0.29) is 12.4 Å². The van der Waals surface area contributed by atoms with E-state index in [2.05, 4.69) is 28.3 Å². The molecule has 0 aliphatic carbocycles. The highest BCUT2D eigenvalue weighted by Crippen LogP contribution is 2.05. The molecule has 0 radical (unpaired) electrons. The summed E-state index contributed by atoms with van der Waals surface area (Å²) in [7, 11) is 1.55. The monoisotopic (exact) mass is 190 g/mol. The van der Waals surface area contributed by atoms with Crippen molar-refractivity contribution in [1.29, 1.82) is 0 Å². The Morgan fingerprint density at radius 1 is 1.75 bits per heavy atom. The van der Waals surface area contributed by atoms with Gasteiger partial charge in [-0.1, -0.05) is 11.2 Å². The summed E-state index contributed by atoms with van der Waals surface area (Å²) < 4.78 is 0. The van der Waals surface area contributed by atoms with Gasteiger partial charge in [-0.3, -0.25) is 0 Å². The lowest BCUT2D eigenvalue weighted by Crippen LogP contribution is -2.32. The molecule has 1 aliphatic rings.